The van der Waals surface area contributed by atoms with Crippen molar-refractivity contribution in [3.05, 3.63) is 35.9 Å². The average Bonchev–Trinajstić information content (AvgIpc) is 2.79. The van der Waals surface area contributed by atoms with Crippen LogP contribution in [0, 0.1) is 0 Å². The molecule has 0 radical (unpaired) electrons. The molecule has 17 heavy (non-hydrogen) atoms. The summed E-state index contributed by atoms with van der Waals surface area (Å²) in [6.07, 6.45) is 2.29. The smallest absolute Gasteiger partial charge is 0.0779 e. The Hall–Kier alpha value is -0.900. The second kappa shape index (κ2) is 5.63. The first-order valence-corrected chi connectivity index (χ1v) is 6.36. The molecule has 2 unspecified atom stereocenters. The van der Waals surface area contributed by atoms with E-state index < -0.39 is 0 Å². The number of rotatable bonds is 5. The van der Waals surface area contributed by atoms with Gasteiger partial charge in [0.15, 0.2) is 0 Å². The third kappa shape index (κ3) is 3.28. The molecule has 3 nitrogen and oxygen atoms in total. The molecule has 2 rings (SSSR count). The summed E-state index contributed by atoms with van der Waals surface area (Å²) in [5.74, 6) is 0. The summed E-state index contributed by atoms with van der Waals surface area (Å²) in [7, 11) is 0. The Morgan fingerprint density at radius 1 is 1.41 bits per heavy atom. The second-order valence-corrected chi connectivity index (χ2v) is 4.98. The third-order valence-electron chi connectivity index (χ3n) is 3.46. The lowest BCUT2D eigenvalue weighted by Gasteiger charge is -2.27. The number of nitrogens with one attached hydrogen (secondary N) is 1. The van der Waals surface area contributed by atoms with Crippen molar-refractivity contribution >= 4 is 0 Å². The summed E-state index contributed by atoms with van der Waals surface area (Å²) in [5, 5.41) is 3.52. The van der Waals surface area contributed by atoms with E-state index >= 15 is 0 Å². The Balaban J connectivity index is 1.92. The molecular formula is C14H22N2O. The predicted octanol–water partition coefficient (Wildman–Crippen LogP) is 1.85. The van der Waals surface area contributed by atoms with Crippen LogP contribution in [-0.4, -0.2) is 25.3 Å². The van der Waals surface area contributed by atoms with Crippen molar-refractivity contribution in [2.75, 3.05) is 19.7 Å². The van der Waals surface area contributed by atoms with E-state index in [0.29, 0.717) is 6.54 Å². The van der Waals surface area contributed by atoms with E-state index in [-0.39, 0.29) is 11.6 Å². The third-order valence-corrected chi connectivity index (χ3v) is 3.46. The minimum Gasteiger partial charge on any atom is -0.374 e. The van der Waals surface area contributed by atoms with Crippen molar-refractivity contribution < 1.29 is 4.74 Å². The van der Waals surface area contributed by atoms with Gasteiger partial charge in [-0.3, -0.25) is 0 Å². The minimum absolute atomic E-state index is 0.0117. The fourth-order valence-electron chi connectivity index (χ4n) is 2.34. The van der Waals surface area contributed by atoms with Crippen molar-refractivity contribution in [3.8, 4) is 0 Å². The van der Waals surface area contributed by atoms with Crippen molar-refractivity contribution in [2.24, 2.45) is 5.73 Å². The molecule has 94 valence electrons. The Labute approximate surface area is 103 Å². The molecule has 3 N–H and O–H groups in total. The molecule has 1 fully saturated rings. The van der Waals surface area contributed by atoms with Crippen LogP contribution in [0.25, 0.3) is 0 Å². The van der Waals surface area contributed by atoms with Gasteiger partial charge in [0.05, 0.1) is 5.60 Å². The van der Waals surface area contributed by atoms with Gasteiger partial charge in [0, 0.05) is 25.7 Å². The van der Waals surface area contributed by atoms with Gasteiger partial charge >= 0.3 is 0 Å². The summed E-state index contributed by atoms with van der Waals surface area (Å²) in [6.45, 7) is 4.53. The SMILES string of the molecule is CC1(CNC(CN)c2ccccc2)CCCO1. The molecule has 3 heteroatoms. The fraction of sp³-hybridized carbons (Fsp3) is 0.571. The molecule has 0 aliphatic carbocycles. The highest BCUT2D eigenvalue weighted by Gasteiger charge is 2.30. The number of hydrogen-bond donors (Lipinski definition) is 2. The van der Waals surface area contributed by atoms with E-state index in [1.165, 1.54) is 5.56 Å². The van der Waals surface area contributed by atoms with E-state index in [0.717, 1.165) is 26.0 Å². The fourth-order valence-corrected chi connectivity index (χ4v) is 2.34. The van der Waals surface area contributed by atoms with Crippen LogP contribution in [-0.2, 0) is 4.74 Å². The molecule has 1 saturated heterocycles. The molecule has 0 amide bonds. The lowest BCUT2D eigenvalue weighted by Crippen LogP contribution is -2.40. The highest BCUT2D eigenvalue weighted by Crippen LogP contribution is 2.25. The summed E-state index contributed by atoms with van der Waals surface area (Å²) in [5.41, 5.74) is 7.06. The van der Waals surface area contributed by atoms with Gasteiger partial charge in [-0.05, 0) is 25.3 Å². The van der Waals surface area contributed by atoms with Crippen LogP contribution in [0.15, 0.2) is 30.3 Å². The average molecular weight is 234 g/mol. The first-order chi connectivity index (χ1) is 8.23. The van der Waals surface area contributed by atoms with Crippen LogP contribution < -0.4 is 11.1 Å². The molecular weight excluding hydrogens is 212 g/mol. The van der Waals surface area contributed by atoms with Gasteiger partial charge in [-0.25, -0.2) is 0 Å². The predicted molar refractivity (Wildman–Crippen MR) is 69.8 cm³/mol. The molecule has 1 heterocycles. The minimum atomic E-state index is -0.0117. The Morgan fingerprint density at radius 3 is 2.76 bits per heavy atom. The van der Waals surface area contributed by atoms with Crippen LogP contribution in [0.1, 0.15) is 31.4 Å². The van der Waals surface area contributed by atoms with E-state index in [1.807, 2.05) is 18.2 Å². The van der Waals surface area contributed by atoms with Gasteiger partial charge < -0.3 is 15.8 Å². The topological polar surface area (TPSA) is 47.3 Å². The van der Waals surface area contributed by atoms with Gasteiger partial charge in [-0.15, -0.1) is 0 Å². The van der Waals surface area contributed by atoms with E-state index in [4.69, 9.17) is 10.5 Å². The van der Waals surface area contributed by atoms with Gasteiger partial charge in [-0.1, -0.05) is 30.3 Å². The molecule has 0 spiro atoms. The first kappa shape index (κ1) is 12.6. The maximum atomic E-state index is 5.83. The number of hydrogen-bond acceptors (Lipinski definition) is 3. The maximum absolute atomic E-state index is 5.83. The van der Waals surface area contributed by atoms with Crippen molar-refractivity contribution in [1.82, 2.24) is 5.32 Å². The first-order valence-electron chi connectivity index (χ1n) is 6.36. The molecule has 0 bridgehead atoms. The number of ether oxygens (including phenoxy) is 1. The van der Waals surface area contributed by atoms with Gasteiger partial charge in [0.1, 0.15) is 0 Å². The van der Waals surface area contributed by atoms with Crippen molar-refractivity contribution in [2.45, 2.75) is 31.4 Å². The van der Waals surface area contributed by atoms with E-state index in [9.17, 15) is 0 Å². The Morgan fingerprint density at radius 2 is 2.18 bits per heavy atom. The normalized spacial score (nSPS) is 26.0. The lowest BCUT2D eigenvalue weighted by molar-refractivity contribution is 0.0189. The van der Waals surface area contributed by atoms with Crippen molar-refractivity contribution in [3.63, 3.8) is 0 Å². The maximum Gasteiger partial charge on any atom is 0.0779 e. The quantitative estimate of drug-likeness (QED) is 0.817. The standard InChI is InChI=1S/C14H22N2O/c1-14(8-5-9-17-14)11-16-13(10-15)12-6-3-2-4-7-12/h2-4,6-7,13,16H,5,8-11,15H2,1H3. The van der Waals surface area contributed by atoms with Gasteiger partial charge in [0.25, 0.3) is 0 Å². The monoisotopic (exact) mass is 234 g/mol. The Kier molecular flexibility index (Phi) is 4.15. The zero-order valence-electron chi connectivity index (χ0n) is 10.5. The number of nitrogens with two attached hydrogens (primary N) is 1. The second-order valence-electron chi connectivity index (χ2n) is 4.98. The molecule has 0 aromatic heterocycles. The van der Waals surface area contributed by atoms with Gasteiger partial charge in [-0.2, -0.15) is 0 Å². The highest BCUT2D eigenvalue weighted by molar-refractivity contribution is 5.19. The van der Waals surface area contributed by atoms with Gasteiger partial charge in [0.2, 0.25) is 0 Å². The summed E-state index contributed by atoms with van der Waals surface area (Å²) < 4.78 is 5.77. The zero-order valence-corrected chi connectivity index (χ0v) is 10.5. The van der Waals surface area contributed by atoms with Crippen LogP contribution in [0.3, 0.4) is 0 Å². The molecule has 0 saturated carbocycles. The van der Waals surface area contributed by atoms with Crippen LogP contribution in [0.4, 0.5) is 0 Å². The molecule has 1 aliphatic heterocycles. The molecule has 1 aromatic carbocycles. The van der Waals surface area contributed by atoms with E-state index in [2.05, 4.69) is 24.4 Å². The van der Waals surface area contributed by atoms with Crippen molar-refractivity contribution in [1.29, 1.82) is 0 Å². The summed E-state index contributed by atoms with van der Waals surface area (Å²) in [6, 6.07) is 10.6. The summed E-state index contributed by atoms with van der Waals surface area (Å²) >= 11 is 0. The molecule has 1 aliphatic rings. The lowest BCUT2D eigenvalue weighted by atomic mass is 10.0. The zero-order chi connectivity index (χ0) is 12.1. The number of benzene rings is 1. The Bertz CT molecular complexity index is 333. The molecule has 1 aromatic rings. The van der Waals surface area contributed by atoms with Crippen LogP contribution >= 0.6 is 0 Å². The van der Waals surface area contributed by atoms with Crippen LogP contribution in [0.2, 0.25) is 0 Å². The van der Waals surface area contributed by atoms with Crippen LogP contribution in [0.5, 0.6) is 0 Å². The largest absolute Gasteiger partial charge is 0.374 e. The molecule has 2 atom stereocenters. The summed E-state index contributed by atoms with van der Waals surface area (Å²) in [4.78, 5) is 0. The highest BCUT2D eigenvalue weighted by atomic mass is 16.5. The van der Waals surface area contributed by atoms with E-state index in [1.54, 1.807) is 0 Å².